The van der Waals surface area contributed by atoms with Crippen molar-refractivity contribution >= 4 is 17.6 Å². The number of anilines is 1. The van der Waals surface area contributed by atoms with Gasteiger partial charge in [-0.05, 0) is 32.9 Å². The Kier molecular flexibility index (Phi) is 5.05. The minimum Gasteiger partial charge on any atom is -0.489 e. The molecule has 0 unspecified atom stereocenters. The molecule has 2 aromatic rings. The van der Waals surface area contributed by atoms with E-state index in [2.05, 4.69) is 5.32 Å². The Balaban J connectivity index is 2.27. The fourth-order valence-corrected chi connectivity index (χ4v) is 2.18. The number of furan rings is 1. The van der Waals surface area contributed by atoms with Crippen LogP contribution in [0.5, 0.6) is 5.75 Å². The number of aliphatic carboxylic acids is 1. The zero-order valence-electron chi connectivity index (χ0n) is 13.3. The van der Waals surface area contributed by atoms with Gasteiger partial charge in [-0.15, -0.1) is 0 Å². The highest BCUT2D eigenvalue weighted by atomic mass is 16.5. The van der Waals surface area contributed by atoms with E-state index in [-0.39, 0.29) is 23.8 Å². The predicted molar refractivity (Wildman–Crippen MR) is 84.9 cm³/mol. The van der Waals surface area contributed by atoms with Crippen LogP contribution in [0.15, 0.2) is 34.9 Å². The van der Waals surface area contributed by atoms with Gasteiger partial charge < -0.3 is 19.6 Å². The van der Waals surface area contributed by atoms with Crippen LogP contribution in [0.1, 0.15) is 35.5 Å². The third-order valence-corrected chi connectivity index (χ3v) is 3.09. The third-order valence-electron chi connectivity index (χ3n) is 3.09. The van der Waals surface area contributed by atoms with Gasteiger partial charge in [0.1, 0.15) is 17.9 Å². The Morgan fingerprint density at radius 2 is 2.00 bits per heavy atom. The van der Waals surface area contributed by atoms with Gasteiger partial charge in [-0.25, -0.2) is 0 Å². The monoisotopic (exact) mass is 317 g/mol. The fraction of sp³-hybridized carbons (Fsp3) is 0.294. The van der Waals surface area contributed by atoms with E-state index in [1.807, 2.05) is 19.9 Å². The number of para-hydroxylation sites is 2. The average molecular weight is 317 g/mol. The third kappa shape index (κ3) is 4.12. The number of rotatable bonds is 6. The summed E-state index contributed by atoms with van der Waals surface area (Å²) < 4.78 is 10.8. The summed E-state index contributed by atoms with van der Waals surface area (Å²) in [5.74, 6) is -0.796. The van der Waals surface area contributed by atoms with Gasteiger partial charge in [0.2, 0.25) is 0 Å². The molecule has 0 saturated carbocycles. The molecule has 0 aliphatic rings. The number of carboxylic acid groups (broad SMARTS) is 1. The van der Waals surface area contributed by atoms with E-state index in [1.54, 1.807) is 25.1 Å². The van der Waals surface area contributed by atoms with Crippen LogP contribution in [0.25, 0.3) is 0 Å². The minimum atomic E-state index is -1.06. The molecule has 0 aliphatic heterocycles. The molecular weight excluding hydrogens is 298 g/mol. The van der Waals surface area contributed by atoms with Crippen molar-refractivity contribution < 1.29 is 23.8 Å². The standard InChI is InChI=1S/C17H19NO5/c1-10(2)23-13-7-5-4-6-12(13)18-17(21)16-11(3)9-22-14(16)8-15(19)20/h4-7,9-10H,8H2,1-3H3,(H,18,21)(H,19,20). The van der Waals surface area contributed by atoms with Gasteiger partial charge in [0, 0.05) is 5.56 Å². The first kappa shape index (κ1) is 16.6. The molecule has 0 spiro atoms. The molecule has 23 heavy (non-hydrogen) atoms. The number of carboxylic acids is 1. The number of amides is 1. The molecule has 0 bridgehead atoms. The molecule has 0 aliphatic carbocycles. The van der Waals surface area contributed by atoms with Crippen LogP contribution in [-0.4, -0.2) is 23.1 Å². The summed E-state index contributed by atoms with van der Waals surface area (Å²) >= 11 is 0. The quantitative estimate of drug-likeness (QED) is 0.853. The molecule has 1 amide bonds. The van der Waals surface area contributed by atoms with E-state index in [0.717, 1.165) is 0 Å². The van der Waals surface area contributed by atoms with E-state index >= 15 is 0 Å². The Morgan fingerprint density at radius 3 is 2.65 bits per heavy atom. The molecule has 122 valence electrons. The molecule has 2 N–H and O–H groups in total. The van der Waals surface area contributed by atoms with Crippen LogP contribution in [0, 0.1) is 6.92 Å². The molecular formula is C17H19NO5. The number of ether oxygens (including phenoxy) is 1. The van der Waals surface area contributed by atoms with Gasteiger partial charge in [-0.1, -0.05) is 12.1 Å². The topological polar surface area (TPSA) is 88.8 Å². The highest BCUT2D eigenvalue weighted by Gasteiger charge is 2.21. The van der Waals surface area contributed by atoms with Crippen molar-refractivity contribution in [3.05, 3.63) is 47.4 Å². The number of nitrogens with one attached hydrogen (secondary N) is 1. The van der Waals surface area contributed by atoms with E-state index in [9.17, 15) is 9.59 Å². The summed E-state index contributed by atoms with van der Waals surface area (Å²) in [5.41, 5.74) is 1.35. The number of carbonyl (C=O) groups excluding carboxylic acids is 1. The Bertz CT molecular complexity index is 718. The molecule has 1 aromatic heterocycles. The van der Waals surface area contributed by atoms with Crippen molar-refractivity contribution in [3.8, 4) is 5.75 Å². The first-order chi connectivity index (χ1) is 10.9. The number of aryl methyl sites for hydroxylation is 1. The van der Waals surface area contributed by atoms with Crippen molar-refractivity contribution in [1.29, 1.82) is 0 Å². The summed E-state index contributed by atoms with van der Waals surface area (Å²) in [5, 5.41) is 11.7. The van der Waals surface area contributed by atoms with Crippen molar-refractivity contribution in [2.75, 3.05) is 5.32 Å². The van der Waals surface area contributed by atoms with Crippen LogP contribution < -0.4 is 10.1 Å². The highest BCUT2D eigenvalue weighted by molar-refractivity contribution is 6.07. The number of hydrogen-bond acceptors (Lipinski definition) is 4. The maximum absolute atomic E-state index is 12.5. The minimum absolute atomic E-state index is 0.0358. The Labute approximate surface area is 134 Å². The molecule has 6 heteroatoms. The SMILES string of the molecule is Cc1coc(CC(=O)O)c1C(=O)Nc1ccccc1OC(C)C. The second-order valence-corrected chi connectivity index (χ2v) is 5.40. The fourth-order valence-electron chi connectivity index (χ4n) is 2.18. The van der Waals surface area contributed by atoms with Crippen molar-refractivity contribution in [3.63, 3.8) is 0 Å². The smallest absolute Gasteiger partial charge is 0.311 e. The second-order valence-electron chi connectivity index (χ2n) is 5.40. The maximum Gasteiger partial charge on any atom is 0.311 e. The van der Waals surface area contributed by atoms with Crippen molar-refractivity contribution in [2.45, 2.75) is 33.3 Å². The van der Waals surface area contributed by atoms with Gasteiger partial charge in [0.15, 0.2) is 0 Å². The van der Waals surface area contributed by atoms with Crippen molar-refractivity contribution in [2.24, 2.45) is 0 Å². The molecule has 6 nitrogen and oxygen atoms in total. The van der Waals surface area contributed by atoms with Gasteiger partial charge in [0.25, 0.3) is 5.91 Å². The first-order valence-electron chi connectivity index (χ1n) is 7.24. The number of hydrogen-bond donors (Lipinski definition) is 2. The lowest BCUT2D eigenvalue weighted by Crippen LogP contribution is -2.17. The predicted octanol–water partition coefficient (Wildman–Crippen LogP) is 3.25. The summed E-state index contributed by atoms with van der Waals surface area (Å²) in [4.78, 5) is 23.4. The second kappa shape index (κ2) is 7.00. The van der Waals surface area contributed by atoms with Crippen LogP contribution in [0.4, 0.5) is 5.69 Å². The molecule has 2 rings (SSSR count). The van der Waals surface area contributed by atoms with Gasteiger partial charge in [-0.2, -0.15) is 0 Å². The van der Waals surface area contributed by atoms with Crippen LogP contribution in [-0.2, 0) is 11.2 Å². The average Bonchev–Trinajstić information content (AvgIpc) is 2.80. The summed E-state index contributed by atoms with van der Waals surface area (Å²) in [6.45, 7) is 5.48. The number of carbonyl (C=O) groups is 2. The van der Waals surface area contributed by atoms with E-state index in [4.69, 9.17) is 14.3 Å². The van der Waals surface area contributed by atoms with Crippen LogP contribution >= 0.6 is 0 Å². The van der Waals surface area contributed by atoms with Crippen molar-refractivity contribution in [1.82, 2.24) is 0 Å². The molecule has 1 heterocycles. The molecule has 0 atom stereocenters. The number of benzene rings is 1. The summed E-state index contributed by atoms with van der Waals surface area (Å²) in [6.07, 6.45) is 0.996. The normalized spacial score (nSPS) is 10.6. The molecule has 1 aromatic carbocycles. The lowest BCUT2D eigenvalue weighted by molar-refractivity contribution is -0.136. The van der Waals surface area contributed by atoms with Gasteiger partial charge in [0.05, 0.1) is 23.6 Å². The Morgan fingerprint density at radius 1 is 1.30 bits per heavy atom. The molecule has 0 radical (unpaired) electrons. The summed E-state index contributed by atoms with van der Waals surface area (Å²) in [7, 11) is 0. The lowest BCUT2D eigenvalue weighted by Gasteiger charge is -2.15. The molecule has 0 fully saturated rings. The van der Waals surface area contributed by atoms with Crippen LogP contribution in [0.3, 0.4) is 0 Å². The van der Waals surface area contributed by atoms with Crippen LogP contribution in [0.2, 0.25) is 0 Å². The molecule has 0 saturated heterocycles. The first-order valence-corrected chi connectivity index (χ1v) is 7.24. The Hall–Kier alpha value is -2.76. The lowest BCUT2D eigenvalue weighted by atomic mass is 10.1. The zero-order valence-corrected chi connectivity index (χ0v) is 13.3. The van der Waals surface area contributed by atoms with Gasteiger partial charge >= 0.3 is 5.97 Å². The maximum atomic E-state index is 12.5. The zero-order chi connectivity index (χ0) is 17.0. The highest BCUT2D eigenvalue weighted by Crippen LogP contribution is 2.27. The van der Waals surface area contributed by atoms with E-state index in [0.29, 0.717) is 17.0 Å². The van der Waals surface area contributed by atoms with E-state index < -0.39 is 11.9 Å². The largest absolute Gasteiger partial charge is 0.489 e. The summed E-state index contributed by atoms with van der Waals surface area (Å²) in [6, 6.07) is 7.08. The van der Waals surface area contributed by atoms with Gasteiger partial charge in [-0.3, -0.25) is 9.59 Å². The van der Waals surface area contributed by atoms with E-state index in [1.165, 1.54) is 6.26 Å².